The zero-order valence-corrected chi connectivity index (χ0v) is 10.9. The summed E-state index contributed by atoms with van der Waals surface area (Å²) >= 11 is 0. The lowest BCUT2D eigenvalue weighted by molar-refractivity contribution is -0.129. The zero-order valence-electron chi connectivity index (χ0n) is 10.9. The van der Waals surface area contributed by atoms with Gasteiger partial charge in [0.25, 0.3) is 0 Å². The van der Waals surface area contributed by atoms with E-state index in [2.05, 4.69) is 5.32 Å². The molecule has 2 amide bonds. The second kappa shape index (κ2) is 5.69. The molecule has 2 atom stereocenters. The molecule has 5 heteroatoms. The van der Waals surface area contributed by atoms with E-state index in [1.54, 1.807) is 0 Å². The lowest BCUT2D eigenvalue weighted by Gasteiger charge is -2.16. The summed E-state index contributed by atoms with van der Waals surface area (Å²) < 4.78 is 0. The van der Waals surface area contributed by atoms with Crippen LogP contribution in [0.25, 0.3) is 0 Å². The molecule has 2 N–H and O–H groups in total. The largest absolute Gasteiger partial charge is 0.396 e. The van der Waals surface area contributed by atoms with Crippen molar-refractivity contribution in [2.45, 2.75) is 38.6 Å². The number of aliphatic hydroxyl groups is 1. The quantitative estimate of drug-likeness (QED) is 0.708. The molecule has 1 saturated carbocycles. The lowest BCUT2D eigenvalue weighted by Crippen LogP contribution is -2.35. The van der Waals surface area contributed by atoms with Crippen molar-refractivity contribution >= 4 is 11.8 Å². The van der Waals surface area contributed by atoms with Gasteiger partial charge in [0, 0.05) is 32.2 Å². The third-order valence-electron chi connectivity index (χ3n) is 3.76. The van der Waals surface area contributed by atoms with Crippen LogP contribution in [0.5, 0.6) is 0 Å². The number of carbonyl (C=O) groups is 2. The molecule has 1 aliphatic heterocycles. The summed E-state index contributed by atoms with van der Waals surface area (Å²) in [7, 11) is 0. The summed E-state index contributed by atoms with van der Waals surface area (Å²) in [5.74, 6) is 0.201. The van der Waals surface area contributed by atoms with Crippen LogP contribution in [-0.2, 0) is 9.59 Å². The first kappa shape index (κ1) is 13.3. The Bertz CT molecular complexity index is 328. The van der Waals surface area contributed by atoms with Crippen molar-refractivity contribution in [2.75, 3.05) is 19.7 Å². The molecule has 2 aliphatic rings. The number of hydrogen-bond donors (Lipinski definition) is 2. The molecule has 0 aromatic heterocycles. The predicted octanol–water partition coefficient (Wildman–Crippen LogP) is 0.132. The fraction of sp³-hybridized carbons (Fsp3) is 0.846. The highest BCUT2D eigenvalue weighted by molar-refractivity contribution is 5.89. The average Bonchev–Trinajstić information content (AvgIpc) is 3.10. The highest BCUT2D eigenvalue weighted by atomic mass is 16.3. The van der Waals surface area contributed by atoms with Crippen LogP contribution in [0, 0.1) is 11.8 Å². The Hall–Kier alpha value is -1.10. The molecule has 1 saturated heterocycles. The third kappa shape index (κ3) is 3.22. The van der Waals surface area contributed by atoms with E-state index in [1.807, 2.05) is 11.8 Å². The fourth-order valence-electron chi connectivity index (χ4n) is 2.39. The van der Waals surface area contributed by atoms with Gasteiger partial charge >= 0.3 is 0 Å². The van der Waals surface area contributed by atoms with Crippen molar-refractivity contribution in [3.05, 3.63) is 0 Å². The van der Waals surface area contributed by atoms with Crippen LogP contribution in [0.4, 0.5) is 0 Å². The summed E-state index contributed by atoms with van der Waals surface area (Å²) in [5, 5.41) is 11.7. The molecule has 0 bridgehead atoms. The monoisotopic (exact) mass is 254 g/mol. The normalized spacial score (nSPS) is 25.3. The van der Waals surface area contributed by atoms with Gasteiger partial charge in [-0.2, -0.15) is 0 Å². The van der Waals surface area contributed by atoms with Crippen LogP contribution in [0.3, 0.4) is 0 Å². The molecule has 2 rings (SSSR count). The molecular formula is C13H22N2O3. The van der Waals surface area contributed by atoms with Crippen LogP contribution in [0.2, 0.25) is 0 Å². The number of carbonyl (C=O) groups excluding carboxylic acids is 2. The van der Waals surface area contributed by atoms with Crippen molar-refractivity contribution in [3.8, 4) is 0 Å². The summed E-state index contributed by atoms with van der Waals surface area (Å²) in [4.78, 5) is 25.5. The van der Waals surface area contributed by atoms with Gasteiger partial charge in [-0.3, -0.25) is 9.59 Å². The fourth-order valence-corrected chi connectivity index (χ4v) is 2.39. The molecule has 18 heavy (non-hydrogen) atoms. The van der Waals surface area contributed by atoms with Crippen molar-refractivity contribution in [3.63, 3.8) is 0 Å². The average molecular weight is 254 g/mol. The molecule has 1 heterocycles. The van der Waals surface area contributed by atoms with E-state index in [0.717, 1.165) is 12.8 Å². The van der Waals surface area contributed by atoms with E-state index >= 15 is 0 Å². The van der Waals surface area contributed by atoms with Crippen molar-refractivity contribution in [1.29, 1.82) is 0 Å². The lowest BCUT2D eigenvalue weighted by atomic mass is 10.1. The number of nitrogens with one attached hydrogen (secondary N) is 1. The number of aliphatic hydroxyl groups excluding tert-OH is 1. The smallest absolute Gasteiger partial charge is 0.225 e. The Morgan fingerprint density at radius 1 is 1.56 bits per heavy atom. The van der Waals surface area contributed by atoms with Gasteiger partial charge in [0.05, 0.1) is 5.92 Å². The van der Waals surface area contributed by atoms with Gasteiger partial charge in [-0.15, -0.1) is 0 Å². The van der Waals surface area contributed by atoms with E-state index in [1.165, 1.54) is 0 Å². The molecule has 5 nitrogen and oxygen atoms in total. The van der Waals surface area contributed by atoms with Gasteiger partial charge in [0.15, 0.2) is 0 Å². The SMILES string of the molecule is CC(CCO)CNC(=O)C1CC(=O)N(C2CC2)C1. The Labute approximate surface area is 108 Å². The van der Waals surface area contributed by atoms with Crippen molar-refractivity contribution in [1.82, 2.24) is 10.2 Å². The minimum absolute atomic E-state index is 0.0173. The summed E-state index contributed by atoms with van der Waals surface area (Å²) in [5.41, 5.74) is 0. The van der Waals surface area contributed by atoms with E-state index in [0.29, 0.717) is 32.0 Å². The topological polar surface area (TPSA) is 69.6 Å². The number of nitrogens with zero attached hydrogens (tertiary/aromatic N) is 1. The highest BCUT2D eigenvalue weighted by Gasteiger charge is 2.41. The molecule has 0 radical (unpaired) electrons. The highest BCUT2D eigenvalue weighted by Crippen LogP contribution is 2.32. The first-order chi connectivity index (χ1) is 8.61. The molecule has 2 unspecified atom stereocenters. The Balaban J connectivity index is 1.74. The van der Waals surface area contributed by atoms with Gasteiger partial charge in [-0.1, -0.05) is 6.92 Å². The molecule has 0 aromatic rings. The maximum atomic E-state index is 11.9. The Kier molecular flexibility index (Phi) is 4.22. The predicted molar refractivity (Wildman–Crippen MR) is 66.7 cm³/mol. The molecule has 0 aromatic carbocycles. The van der Waals surface area contributed by atoms with E-state index in [4.69, 9.17) is 5.11 Å². The van der Waals surface area contributed by atoms with Crippen molar-refractivity contribution in [2.24, 2.45) is 11.8 Å². The maximum absolute atomic E-state index is 11.9. The summed E-state index contributed by atoms with van der Waals surface area (Å²) in [6.45, 7) is 3.30. The molecule has 102 valence electrons. The van der Waals surface area contributed by atoms with Crippen LogP contribution >= 0.6 is 0 Å². The first-order valence-corrected chi connectivity index (χ1v) is 6.80. The van der Waals surface area contributed by atoms with Gasteiger partial charge in [0.1, 0.15) is 0 Å². The van der Waals surface area contributed by atoms with Gasteiger partial charge in [-0.05, 0) is 25.2 Å². The summed E-state index contributed by atoms with van der Waals surface area (Å²) in [6, 6.07) is 0.406. The van der Waals surface area contributed by atoms with Crippen LogP contribution in [0.15, 0.2) is 0 Å². The second-order valence-corrected chi connectivity index (χ2v) is 5.54. The van der Waals surface area contributed by atoms with Gasteiger partial charge < -0.3 is 15.3 Å². The zero-order chi connectivity index (χ0) is 13.1. The summed E-state index contributed by atoms with van der Waals surface area (Å²) in [6.07, 6.45) is 3.23. The Morgan fingerprint density at radius 3 is 2.89 bits per heavy atom. The standard InChI is InChI=1S/C13H22N2O3/c1-9(4-5-16)7-14-13(18)10-6-12(17)15(8-10)11-2-3-11/h9-11,16H,2-8H2,1H3,(H,14,18). The molecule has 2 fully saturated rings. The maximum Gasteiger partial charge on any atom is 0.225 e. The van der Waals surface area contributed by atoms with Gasteiger partial charge in [0.2, 0.25) is 11.8 Å². The molecular weight excluding hydrogens is 232 g/mol. The van der Waals surface area contributed by atoms with E-state index < -0.39 is 0 Å². The number of rotatable bonds is 6. The van der Waals surface area contributed by atoms with Crippen LogP contribution in [0.1, 0.15) is 32.6 Å². The van der Waals surface area contributed by atoms with Crippen LogP contribution in [-0.4, -0.2) is 47.6 Å². The minimum Gasteiger partial charge on any atom is -0.396 e. The number of hydrogen-bond acceptors (Lipinski definition) is 3. The number of amides is 2. The van der Waals surface area contributed by atoms with Crippen molar-refractivity contribution < 1.29 is 14.7 Å². The van der Waals surface area contributed by atoms with E-state index in [-0.39, 0.29) is 30.3 Å². The third-order valence-corrected chi connectivity index (χ3v) is 3.76. The second-order valence-electron chi connectivity index (χ2n) is 5.54. The Morgan fingerprint density at radius 2 is 2.28 bits per heavy atom. The number of likely N-dealkylation sites (tertiary alicyclic amines) is 1. The van der Waals surface area contributed by atoms with Crippen LogP contribution < -0.4 is 5.32 Å². The first-order valence-electron chi connectivity index (χ1n) is 6.80. The molecule has 1 aliphatic carbocycles. The minimum atomic E-state index is -0.181. The molecule has 0 spiro atoms. The van der Waals surface area contributed by atoms with E-state index in [9.17, 15) is 9.59 Å². The van der Waals surface area contributed by atoms with Gasteiger partial charge in [-0.25, -0.2) is 0 Å².